The topological polar surface area (TPSA) is 45.0 Å². The van der Waals surface area contributed by atoms with Gasteiger partial charge in [-0.05, 0) is 42.2 Å². The summed E-state index contributed by atoms with van der Waals surface area (Å²) in [5, 5.41) is 13.7. The second kappa shape index (κ2) is 6.63. The molecule has 2 aromatic carbocycles. The number of rotatable bonds is 3. The van der Waals surface area contributed by atoms with Gasteiger partial charge in [-0.15, -0.1) is 0 Å². The Morgan fingerprint density at radius 1 is 1.12 bits per heavy atom. The van der Waals surface area contributed by atoms with Gasteiger partial charge in [0.25, 0.3) is 0 Å². The third-order valence-electron chi connectivity index (χ3n) is 4.96. The van der Waals surface area contributed by atoms with E-state index in [1.807, 2.05) is 42.5 Å². The molecule has 0 amide bonds. The predicted octanol–water partition coefficient (Wildman–Crippen LogP) is 5.72. The van der Waals surface area contributed by atoms with Crippen LogP contribution in [0.5, 0.6) is 5.75 Å². The lowest BCUT2D eigenvalue weighted by molar-refractivity contribution is 0.367. The van der Waals surface area contributed by atoms with Crippen molar-refractivity contribution in [2.75, 3.05) is 11.9 Å². The molecular weight excluding hydrogens is 355 g/mol. The normalized spacial score (nSPS) is 23.3. The molecule has 0 saturated heterocycles. The number of nitriles is 1. The molecule has 0 bridgehead atoms. The van der Waals surface area contributed by atoms with Gasteiger partial charge in [0.2, 0.25) is 0 Å². The zero-order chi connectivity index (χ0) is 17.4. The molecule has 0 fully saturated rings. The molecule has 1 heterocycles. The van der Waals surface area contributed by atoms with Crippen LogP contribution in [-0.2, 0) is 0 Å². The average Bonchev–Trinajstić information content (AvgIpc) is 3.12. The predicted molar refractivity (Wildman–Crippen MR) is 100 cm³/mol. The maximum Gasteiger partial charge on any atom is 0.174 e. The van der Waals surface area contributed by atoms with Gasteiger partial charge in [0.1, 0.15) is 11.8 Å². The molecule has 1 aliphatic heterocycles. The number of nitrogens with zero attached hydrogens (tertiary/aromatic N) is 1. The van der Waals surface area contributed by atoms with Crippen LogP contribution in [0.25, 0.3) is 0 Å². The lowest BCUT2D eigenvalue weighted by atomic mass is 9.77. The minimum absolute atomic E-state index is 0.0527. The van der Waals surface area contributed by atoms with Crippen LogP contribution in [0.1, 0.15) is 29.5 Å². The van der Waals surface area contributed by atoms with Crippen molar-refractivity contribution in [2.45, 2.75) is 18.4 Å². The standard InChI is InChI=1S/C20H16Cl2N2O/c21-16-8-9-17(22)20-18(16)14-2-1-3-15(14)19(24-20)12-4-6-13(7-5-12)25-11-10-23/h1-2,4-9,14-15,19,24H,3,11H2/t14-,15+,19+/m0/s1. The van der Waals surface area contributed by atoms with Gasteiger partial charge < -0.3 is 10.1 Å². The summed E-state index contributed by atoms with van der Waals surface area (Å²) >= 11 is 12.9. The number of anilines is 1. The molecule has 0 aromatic heterocycles. The third kappa shape index (κ3) is 2.86. The van der Waals surface area contributed by atoms with Crippen LogP contribution in [-0.4, -0.2) is 6.61 Å². The summed E-state index contributed by atoms with van der Waals surface area (Å²) in [5.74, 6) is 1.36. The van der Waals surface area contributed by atoms with E-state index in [1.165, 1.54) is 5.56 Å². The molecule has 3 atom stereocenters. The Bertz CT molecular complexity index is 871. The fraction of sp³-hybridized carbons (Fsp3) is 0.250. The summed E-state index contributed by atoms with van der Waals surface area (Å²) in [4.78, 5) is 0. The van der Waals surface area contributed by atoms with Crippen molar-refractivity contribution in [2.24, 2.45) is 5.92 Å². The Kier molecular flexibility index (Phi) is 4.33. The SMILES string of the molecule is N#CCOc1ccc([C@H]2Nc3c(Cl)ccc(Cl)c3[C@H]3C=CC[C@H]32)cc1. The largest absolute Gasteiger partial charge is 0.479 e. The summed E-state index contributed by atoms with van der Waals surface area (Å²) in [5.41, 5.74) is 3.19. The van der Waals surface area contributed by atoms with E-state index in [-0.39, 0.29) is 18.6 Å². The first kappa shape index (κ1) is 16.3. The van der Waals surface area contributed by atoms with Crippen LogP contribution in [0.15, 0.2) is 48.6 Å². The number of allylic oxidation sites excluding steroid dienone is 2. The van der Waals surface area contributed by atoms with E-state index >= 15 is 0 Å². The Morgan fingerprint density at radius 2 is 1.88 bits per heavy atom. The second-order valence-electron chi connectivity index (χ2n) is 6.31. The minimum atomic E-state index is 0.0527. The van der Waals surface area contributed by atoms with Crippen molar-refractivity contribution in [3.05, 3.63) is 69.7 Å². The highest BCUT2D eigenvalue weighted by Gasteiger charge is 2.39. The third-order valence-corrected chi connectivity index (χ3v) is 5.60. The van der Waals surface area contributed by atoms with Gasteiger partial charge in [0.15, 0.2) is 6.61 Å². The molecule has 2 aliphatic rings. The Hall–Kier alpha value is -2.15. The summed E-state index contributed by atoms with van der Waals surface area (Å²) in [7, 11) is 0. The quantitative estimate of drug-likeness (QED) is 0.702. The molecule has 4 rings (SSSR count). The van der Waals surface area contributed by atoms with E-state index in [0.29, 0.717) is 16.7 Å². The van der Waals surface area contributed by atoms with E-state index in [0.717, 1.165) is 22.7 Å². The zero-order valence-corrected chi connectivity index (χ0v) is 14.9. The number of fused-ring (bicyclic) bond motifs is 3. The monoisotopic (exact) mass is 370 g/mol. The molecule has 1 aliphatic carbocycles. The summed E-state index contributed by atoms with van der Waals surface area (Å²) in [6, 6.07) is 13.7. The summed E-state index contributed by atoms with van der Waals surface area (Å²) in [6.45, 7) is 0.0527. The molecule has 25 heavy (non-hydrogen) atoms. The highest BCUT2D eigenvalue weighted by atomic mass is 35.5. The minimum Gasteiger partial charge on any atom is -0.479 e. The Labute approximate surface area is 156 Å². The fourth-order valence-corrected chi connectivity index (χ4v) is 4.35. The van der Waals surface area contributed by atoms with Gasteiger partial charge >= 0.3 is 0 Å². The van der Waals surface area contributed by atoms with Crippen molar-refractivity contribution in [3.63, 3.8) is 0 Å². The van der Waals surface area contributed by atoms with Crippen LogP contribution in [0.2, 0.25) is 10.0 Å². The van der Waals surface area contributed by atoms with Crippen molar-refractivity contribution in [1.82, 2.24) is 0 Å². The molecule has 126 valence electrons. The number of ether oxygens (including phenoxy) is 1. The molecule has 2 aromatic rings. The fourth-order valence-electron chi connectivity index (χ4n) is 3.85. The van der Waals surface area contributed by atoms with Crippen LogP contribution in [0, 0.1) is 17.2 Å². The molecule has 0 unspecified atom stereocenters. The van der Waals surface area contributed by atoms with E-state index < -0.39 is 0 Å². The maximum absolute atomic E-state index is 8.61. The van der Waals surface area contributed by atoms with Gasteiger partial charge in [0.05, 0.1) is 16.8 Å². The number of hydrogen-bond acceptors (Lipinski definition) is 3. The van der Waals surface area contributed by atoms with E-state index in [1.54, 1.807) is 0 Å². The number of benzene rings is 2. The second-order valence-corrected chi connectivity index (χ2v) is 7.12. The lowest BCUT2D eigenvalue weighted by Gasteiger charge is -2.38. The van der Waals surface area contributed by atoms with Crippen molar-refractivity contribution < 1.29 is 4.74 Å². The molecule has 1 N–H and O–H groups in total. The van der Waals surface area contributed by atoms with E-state index in [2.05, 4.69) is 17.5 Å². The Balaban J connectivity index is 1.70. The van der Waals surface area contributed by atoms with E-state index in [9.17, 15) is 0 Å². The van der Waals surface area contributed by atoms with Crippen LogP contribution in [0.3, 0.4) is 0 Å². The number of halogens is 2. The van der Waals surface area contributed by atoms with E-state index in [4.69, 9.17) is 33.2 Å². The van der Waals surface area contributed by atoms with Gasteiger partial charge in [-0.2, -0.15) is 5.26 Å². The Morgan fingerprint density at radius 3 is 2.64 bits per heavy atom. The molecule has 0 radical (unpaired) electrons. The maximum atomic E-state index is 8.61. The van der Waals surface area contributed by atoms with Crippen LogP contribution >= 0.6 is 23.2 Å². The number of nitrogens with one attached hydrogen (secondary N) is 1. The zero-order valence-electron chi connectivity index (χ0n) is 13.4. The van der Waals surface area contributed by atoms with Crippen LogP contribution in [0.4, 0.5) is 5.69 Å². The average molecular weight is 371 g/mol. The van der Waals surface area contributed by atoms with Gasteiger partial charge in [-0.25, -0.2) is 0 Å². The highest BCUT2D eigenvalue weighted by molar-refractivity contribution is 6.36. The smallest absolute Gasteiger partial charge is 0.174 e. The molecular formula is C20H16Cl2N2O. The van der Waals surface area contributed by atoms with Gasteiger partial charge in [-0.1, -0.05) is 47.5 Å². The first-order valence-electron chi connectivity index (χ1n) is 8.20. The molecule has 0 saturated carbocycles. The van der Waals surface area contributed by atoms with Crippen LogP contribution < -0.4 is 10.1 Å². The molecule has 0 spiro atoms. The van der Waals surface area contributed by atoms with Crippen molar-refractivity contribution in [3.8, 4) is 11.8 Å². The van der Waals surface area contributed by atoms with Crippen molar-refractivity contribution >= 4 is 28.9 Å². The summed E-state index contributed by atoms with van der Waals surface area (Å²) < 4.78 is 5.34. The summed E-state index contributed by atoms with van der Waals surface area (Å²) in [6.07, 6.45) is 5.46. The number of hydrogen-bond donors (Lipinski definition) is 1. The molecule has 3 nitrogen and oxygen atoms in total. The van der Waals surface area contributed by atoms with Crippen molar-refractivity contribution in [1.29, 1.82) is 5.26 Å². The van der Waals surface area contributed by atoms with Gasteiger partial charge in [0, 0.05) is 16.5 Å². The molecule has 5 heteroatoms. The first-order chi connectivity index (χ1) is 12.2. The first-order valence-corrected chi connectivity index (χ1v) is 8.95. The van der Waals surface area contributed by atoms with Gasteiger partial charge in [-0.3, -0.25) is 0 Å². The highest BCUT2D eigenvalue weighted by Crippen LogP contribution is 2.53. The lowest BCUT2D eigenvalue weighted by Crippen LogP contribution is -2.29.